The third-order valence-corrected chi connectivity index (χ3v) is 7.84. The van der Waals surface area contributed by atoms with E-state index in [1.54, 1.807) is 0 Å². The van der Waals surface area contributed by atoms with Crippen LogP contribution < -0.4 is 0 Å². The molecule has 74 valence electrons. The van der Waals surface area contributed by atoms with E-state index in [1.807, 2.05) is 0 Å². The molecule has 6 bridgehead atoms. The standard InChI is InChI=1S/C11H10FIO/c12-11-7-3-1-2-4(5(3)10(11)13)8(11)9(14)6(2)7/h2-8,10H,1H2/t2-,3-,4+,5-,6-,7+,8+,10+,11+/m0/s1. The first kappa shape index (κ1) is 7.58. The minimum atomic E-state index is -1.06. The average molecular weight is 304 g/mol. The van der Waals surface area contributed by atoms with Gasteiger partial charge in [-0.3, -0.25) is 4.79 Å². The van der Waals surface area contributed by atoms with Gasteiger partial charge in [-0.2, -0.15) is 0 Å². The van der Waals surface area contributed by atoms with Gasteiger partial charge in [-0.1, -0.05) is 22.6 Å². The summed E-state index contributed by atoms with van der Waals surface area (Å²) in [6.07, 6.45) is 1.18. The quantitative estimate of drug-likeness (QED) is 0.493. The van der Waals surface area contributed by atoms with Crippen molar-refractivity contribution in [2.45, 2.75) is 16.0 Å². The molecule has 0 unspecified atom stereocenters. The molecular formula is C11H10FIO. The van der Waals surface area contributed by atoms with Crippen LogP contribution in [-0.4, -0.2) is 15.4 Å². The molecular weight excluding hydrogens is 294 g/mol. The molecule has 0 aromatic carbocycles. The lowest BCUT2D eigenvalue weighted by Crippen LogP contribution is -2.42. The fourth-order valence-corrected chi connectivity index (χ4v) is 7.96. The first-order chi connectivity index (χ1) is 6.67. The van der Waals surface area contributed by atoms with Gasteiger partial charge in [0.1, 0.15) is 11.5 Å². The van der Waals surface area contributed by atoms with E-state index in [4.69, 9.17) is 0 Å². The van der Waals surface area contributed by atoms with Gasteiger partial charge in [0.05, 0.1) is 5.92 Å². The predicted molar refractivity (Wildman–Crippen MR) is 55.7 cm³/mol. The molecule has 14 heavy (non-hydrogen) atoms. The van der Waals surface area contributed by atoms with E-state index in [2.05, 4.69) is 22.6 Å². The van der Waals surface area contributed by atoms with Crippen molar-refractivity contribution in [2.75, 3.05) is 0 Å². The smallest absolute Gasteiger partial charge is 0.143 e. The first-order valence-electron chi connectivity index (χ1n) is 5.54. The van der Waals surface area contributed by atoms with Gasteiger partial charge in [0, 0.05) is 15.8 Å². The third-order valence-electron chi connectivity index (χ3n) is 6.06. The molecule has 0 N–H and O–H groups in total. The molecule has 6 fully saturated rings. The Hall–Kier alpha value is 0.330. The second-order valence-corrected chi connectivity index (χ2v) is 7.22. The van der Waals surface area contributed by atoms with Crippen molar-refractivity contribution in [1.82, 2.24) is 0 Å². The van der Waals surface area contributed by atoms with Crippen molar-refractivity contribution in [3.05, 3.63) is 0 Å². The lowest BCUT2D eigenvalue weighted by molar-refractivity contribution is -0.122. The zero-order chi connectivity index (χ0) is 9.40. The first-order valence-corrected chi connectivity index (χ1v) is 6.78. The highest BCUT2D eigenvalue weighted by Gasteiger charge is 2.90. The normalized spacial score (nSPS) is 80.3. The predicted octanol–water partition coefficient (Wildman–Crippen LogP) is 1.84. The second-order valence-electron chi connectivity index (χ2n) is 5.88. The SMILES string of the molecule is O=C1[C@H]2[C@H]3C[C@H]4[C@H]5[C@@H]3[C@H]1[C@](F)([C@H]42)[C@@H]5I. The minimum Gasteiger partial charge on any atom is -0.299 e. The summed E-state index contributed by atoms with van der Waals surface area (Å²) in [5, 5.41) is 0. The minimum absolute atomic E-state index is 0.155. The molecule has 0 radical (unpaired) electrons. The van der Waals surface area contributed by atoms with Crippen LogP contribution >= 0.6 is 22.6 Å². The number of rotatable bonds is 0. The van der Waals surface area contributed by atoms with Crippen LogP contribution in [0.25, 0.3) is 0 Å². The molecule has 9 atom stereocenters. The van der Waals surface area contributed by atoms with Gasteiger partial charge in [-0.15, -0.1) is 0 Å². The van der Waals surface area contributed by atoms with Gasteiger partial charge >= 0.3 is 0 Å². The van der Waals surface area contributed by atoms with E-state index in [1.165, 1.54) is 6.42 Å². The van der Waals surface area contributed by atoms with Gasteiger partial charge in [0.15, 0.2) is 0 Å². The Morgan fingerprint density at radius 3 is 2.86 bits per heavy atom. The maximum Gasteiger partial charge on any atom is 0.143 e. The van der Waals surface area contributed by atoms with E-state index in [0.29, 0.717) is 29.5 Å². The van der Waals surface area contributed by atoms with Crippen molar-refractivity contribution in [1.29, 1.82) is 0 Å². The van der Waals surface area contributed by atoms with Gasteiger partial charge in [-0.05, 0) is 30.1 Å². The van der Waals surface area contributed by atoms with E-state index in [0.717, 1.165) is 0 Å². The summed E-state index contributed by atoms with van der Waals surface area (Å²) in [7, 11) is 0. The van der Waals surface area contributed by atoms with Crippen LogP contribution in [0.5, 0.6) is 0 Å². The molecule has 0 aromatic heterocycles. The van der Waals surface area contributed by atoms with E-state index < -0.39 is 5.67 Å². The number of ketones is 1. The Morgan fingerprint density at radius 1 is 1.36 bits per heavy atom. The summed E-state index contributed by atoms with van der Waals surface area (Å²) >= 11 is 2.30. The maximum absolute atomic E-state index is 14.9. The van der Waals surface area contributed by atoms with E-state index in [9.17, 15) is 9.18 Å². The largest absolute Gasteiger partial charge is 0.299 e. The molecule has 0 aliphatic heterocycles. The fourth-order valence-electron chi connectivity index (χ4n) is 6.14. The van der Waals surface area contributed by atoms with Crippen LogP contribution in [0.3, 0.4) is 0 Å². The molecule has 0 spiro atoms. The molecule has 0 heterocycles. The summed E-state index contributed by atoms with van der Waals surface area (Å²) in [6, 6.07) is 0. The number of alkyl halides is 2. The fraction of sp³-hybridized carbons (Fsp3) is 0.909. The number of hydrogen-bond acceptors (Lipinski definition) is 1. The average Bonchev–Trinajstić information content (AvgIpc) is 2.81. The molecule has 6 rings (SSSR count). The van der Waals surface area contributed by atoms with Crippen LogP contribution in [0.15, 0.2) is 0 Å². The van der Waals surface area contributed by atoms with Crippen molar-refractivity contribution in [2.24, 2.45) is 41.4 Å². The van der Waals surface area contributed by atoms with Crippen LogP contribution in [0.1, 0.15) is 6.42 Å². The van der Waals surface area contributed by atoms with Crippen molar-refractivity contribution >= 4 is 28.4 Å². The summed E-state index contributed by atoms with van der Waals surface area (Å²) in [5.74, 6) is 2.71. The Balaban J connectivity index is 1.92. The zero-order valence-electron chi connectivity index (χ0n) is 7.49. The van der Waals surface area contributed by atoms with Crippen molar-refractivity contribution in [3.8, 4) is 0 Å². The number of carbonyl (C=O) groups excluding carboxylic acids is 1. The summed E-state index contributed by atoms with van der Waals surface area (Å²) in [6.45, 7) is 0. The third kappa shape index (κ3) is 0.407. The maximum atomic E-state index is 14.9. The van der Waals surface area contributed by atoms with Crippen molar-refractivity contribution < 1.29 is 9.18 Å². The monoisotopic (exact) mass is 304 g/mol. The van der Waals surface area contributed by atoms with Crippen molar-refractivity contribution in [3.63, 3.8) is 0 Å². The number of hydrogen-bond donors (Lipinski definition) is 0. The number of Topliss-reactive ketones (excluding diaryl/α,β-unsaturated/α-hetero) is 1. The molecule has 6 aliphatic rings. The molecule has 1 nitrogen and oxygen atoms in total. The summed E-state index contributed by atoms with van der Waals surface area (Å²) in [5.41, 5.74) is -1.06. The Labute approximate surface area is 94.9 Å². The topological polar surface area (TPSA) is 17.1 Å². The van der Waals surface area contributed by atoms with Crippen LogP contribution in [0.4, 0.5) is 4.39 Å². The Bertz CT molecular complexity index is 395. The van der Waals surface area contributed by atoms with Crippen LogP contribution in [0, 0.1) is 41.4 Å². The Morgan fingerprint density at radius 2 is 2.14 bits per heavy atom. The van der Waals surface area contributed by atoms with Gasteiger partial charge in [-0.25, -0.2) is 4.39 Å². The lowest BCUT2D eigenvalue weighted by atomic mass is 9.70. The van der Waals surface area contributed by atoms with Gasteiger partial charge in [0.25, 0.3) is 0 Å². The summed E-state index contributed by atoms with van der Waals surface area (Å²) in [4.78, 5) is 12.0. The highest BCUT2D eigenvalue weighted by atomic mass is 127. The van der Waals surface area contributed by atoms with Crippen LogP contribution in [-0.2, 0) is 4.79 Å². The molecule has 0 aromatic rings. The highest BCUT2D eigenvalue weighted by Crippen LogP contribution is 2.84. The second kappa shape index (κ2) is 1.72. The molecule has 3 heteroatoms. The zero-order valence-corrected chi connectivity index (χ0v) is 9.65. The number of halogens is 2. The van der Waals surface area contributed by atoms with Crippen LogP contribution in [0.2, 0.25) is 0 Å². The summed E-state index contributed by atoms with van der Waals surface area (Å²) < 4.78 is 15.1. The lowest BCUT2D eigenvalue weighted by Gasteiger charge is -2.35. The number of carbonyl (C=O) groups is 1. The van der Waals surface area contributed by atoms with Gasteiger partial charge in [0.2, 0.25) is 0 Å². The van der Waals surface area contributed by atoms with E-state index in [-0.39, 0.29) is 21.7 Å². The Kier molecular flexibility index (Phi) is 0.931. The molecule has 6 aliphatic carbocycles. The van der Waals surface area contributed by atoms with E-state index >= 15 is 0 Å². The molecule has 0 saturated heterocycles. The molecule has 0 amide bonds. The highest BCUT2D eigenvalue weighted by molar-refractivity contribution is 14.1. The van der Waals surface area contributed by atoms with Gasteiger partial charge < -0.3 is 0 Å². The molecule has 6 saturated carbocycles.